The van der Waals surface area contributed by atoms with E-state index < -0.39 is 22.8 Å². The zero-order valence-corrected chi connectivity index (χ0v) is 22.7. The molecule has 202 valence electrons. The highest BCUT2D eigenvalue weighted by Crippen LogP contribution is 2.40. The Bertz CT molecular complexity index is 1270. The van der Waals surface area contributed by atoms with Gasteiger partial charge >= 0.3 is 11.9 Å². The number of rotatable bonds is 10. The molecule has 0 bridgehead atoms. The second-order valence-corrected chi connectivity index (χ2v) is 10.4. The van der Waals surface area contributed by atoms with Gasteiger partial charge in [-0.3, -0.25) is 10.1 Å². The van der Waals surface area contributed by atoms with E-state index >= 15 is 0 Å². The summed E-state index contributed by atoms with van der Waals surface area (Å²) in [7, 11) is 3.27. The zero-order valence-electron chi connectivity index (χ0n) is 22.7. The number of benzene rings is 2. The Kier molecular flexibility index (Phi) is 9.06. The maximum Gasteiger partial charge on any atom is 0.336 e. The lowest BCUT2D eigenvalue weighted by molar-refractivity contribution is -0.384. The third-order valence-electron chi connectivity index (χ3n) is 6.39. The van der Waals surface area contributed by atoms with Crippen molar-refractivity contribution in [2.24, 2.45) is 5.41 Å². The Hall–Kier alpha value is -3.98. The molecule has 1 heterocycles. The largest absolute Gasteiger partial charge is 0.466 e. The number of carbonyl (C=O) groups excluding carboxylic acids is 2. The molecule has 2 aromatic rings. The summed E-state index contributed by atoms with van der Waals surface area (Å²) in [5, 5.41) is 14.5. The van der Waals surface area contributed by atoms with Crippen LogP contribution in [0.1, 0.15) is 44.7 Å². The standard InChI is InChI=1S/C29H35N3O6/c1-19-24(27(33)37-6)26(22-13-10-14-23(15-22)32(35)36)25(20(2)30-19)28(34)38-18-29(3,4)17-31(5)16-21-11-8-7-9-12-21/h7-15,26,30H,16-18H2,1-6H3. The molecule has 38 heavy (non-hydrogen) atoms. The van der Waals surface area contributed by atoms with Gasteiger partial charge in [0.1, 0.15) is 0 Å². The third kappa shape index (κ3) is 6.86. The number of esters is 2. The van der Waals surface area contributed by atoms with Gasteiger partial charge in [-0.2, -0.15) is 0 Å². The normalized spacial score (nSPS) is 15.8. The van der Waals surface area contributed by atoms with Crippen LogP contribution in [-0.4, -0.2) is 49.1 Å². The Labute approximate surface area is 223 Å². The van der Waals surface area contributed by atoms with Crippen molar-refractivity contribution in [1.29, 1.82) is 0 Å². The summed E-state index contributed by atoms with van der Waals surface area (Å²) < 4.78 is 10.8. The van der Waals surface area contributed by atoms with Crippen LogP contribution in [-0.2, 0) is 25.6 Å². The van der Waals surface area contributed by atoms with Crippen molar-refractivity contribution in [3.8, 4) is 0 Å². The van der Waals surface area contributed by atoms with Crippen molar-refractivity contribution in [2.75, 3.05) is 27.3 Å². The molecule has 1 atom stereocenters. The molecule has 1 N–H and O–H groups in total. The minimum atomic E-state index is -0.889. The van der Waals surface area contributed by atoms with Gasteiger partial charge in [-0.15, -0.1) is 0 Å². The SMILES string of the molecule is COC(=O)C1=C(C)NC(C)=C(C(=O)OCC(C)(C)CN(C)Cc2ccccc2)C1c1cccc([N+](=O)[O-])c1. The quantitative estimate of drug-likeness (QED) is 0.272. The van der Waals surface area contributed by atoms with E-state index in [1.54, 1.807) is 19.9 Å². The lowest BCUT2D eigenvalue weighted by Crippen LogP contribution is -2.37. The summed E-state index contributed by atoms with van der Waals surface area (Å²) in [6, 6.07) is 16.0. The van der Waals surface area contributed by atoms with E-state index in [4.69, 9.17) is 9.47 Å². The molecule has 0 radical (unpaired) electrons. The number of nitrogens with one attached hydrogen (secondary N) is 1. The van der Waals surface area contributed by atoms with Crippen LogP contribution >= 0.6 is 0 Å². The summed E-state index contributed by atoms with van der Waals surface area (Å²) in [4.78, 5) is 39.5. The van der Waals surface area contributed by atoms with Crippen LogP contribution in [0.5, 0.6) is 0 Å². The average molecular weight is 522 g/mol. The average Bonchev–Trinajstić information content (AvgIpc) is 2.86. The van der Waals surface area contributed by atoms with Crippen molar-refractivity contribution in [2.45, 2.75) is 40.2 Å². The van der Waals surface area contributed by atoms with E-state index in [9.17, 15) is 19.7 Å². The molecule has 1 aliphatic heterocycles. The van der Waals surface area contributed by atoms with Crippen molar-refractivity contribution < 1.29 is 24.0 Å². The van der Waals surface area contributed by atoms with E-state index in [2.05, 4.69) is 22.3 Å². The molecular formula is C29H35N3O6. The Balaban J connectivity index is 1.85. The fraction of sp³-hybridized carbons (Fsp3) is 0.379. The first kappa shape index (κ1) is 28.6. The Morgan fingerprint density at radius 1 is 1.03 bits per heavy atom. The summed E-state index contributed by atoms with van der Waals surface area (Å²) in [5.74, 6) is -2.12. The Morgan fingerprint density at radius 3 is 2.26 bits per heavy atom. The molecule has 0 aliphatic carbocycles. The molecule has 1 aliphatic rings. The number of dihydropyridines is 1. The van der Waals surface area contributed by atoms with Crippen molar-refractivity contribution in [3.63, 3.8) is 0 Å². The van der Waals surface area contributed by atoms with Crippen molar-refractivity contribution >= 4 is 17.6 Å². The van der Waals surface area contributed by atoms with Gasteiger partial charge < -0.3 is 19.7 Å². The number of hydrogen-bond acceptors (Lipinski definition) is 8. The van der Waals surface area contributed by atoms with E-state index in [0.29, 0.717) is 23.5 Å². The molecule has 1 unspecified atom stereocenters. The molecule has 0 amide bonds. The molecule has 0 saturated carbocycles. The molecule has 3 rings (SSSR count). The van der Waals surface area contributed by atoms with Crippen LogP contribution < -0.4 is 5.32 Å². The zero-order chi connectivity index (χ0) is 28.0. The second-order valence-electron chi connectivity index (χ2n) is 10.4. The summed E-state index contributed by atoms with van der Waals surface area (Å²) in [6.45, 7) is 9.03. The number of non-ortho nitro benzene ring substituents is 1. The summed E-state index contributed by atoms with van der Waals surface area (Å²) in [6.07, 6.45) is 0. The van der Waals surface area contributed by atoms with Crippen LogP contribution in [0.3, 0.4) is 0 Å². The predicted octanol–water partition coefficient (Wildman–Crippen LogP) is 4.70. The lowest BCUT2D eigenvalue weighted by Gasteiger charge is -2.32. The smallest absolute Gasteiger partial charge is 0.336 e. The van der Waals surface area contributed by atoms with Gasteiger partial charge in [0, 0.05) is 42.0 Å². The van der Waals surface area contributed by atoms with Crippen LogP contribution in [0.25, 0.3) is 0 Å². The van der Waals surface area contributed by atoms with E-state index in [-0.39, 0.29) is 28.9 Å². The molecule has 2 aromatic carbocycles. The first-order valence-electron chi connectivity index (χ1n) is 12.3. The number of nitro groups is 1. The highest BCUT2D eigenvalue weighted by molar-refractivity contribution is 5.99. The minimum absolute atomic E-state index is 0.139. The van der Waals surface area contributed by atoms with Crippen LogP contribution in [0.15, 0.2) is 77.1 Å². The number of hydrogen-bond donors (Lipinski definition) is 1. The first-order valence-corrected chi connectivity index (χ1v) is 12.3. The third-order valence-corrected chi connectivity index (χ3v) is 6.39. The fourth-order valence-electron chi connectivity index (χ4n) is 4.86. The molecule has 9 heteroatoms. The molecule has 0 aromatic heterocycles. The topological polar surface area (TPSA) is 111 Å². The van der Waals surface area contributed by atoms with Gasteiger partial charge in [0.2, 0.25) is 0 Å². The summed E-state index contributed by atoms with van der Waals surface area (Å²) in [5.41, 5.74) is 2.53. The van der Waals surface area contributed by atoms with Crippen LogP contribution in [0, 0.1) is 15.5 Å². The number of methoxy groups -OCH3 is 1. The van der Waals surface area contributed by atoms with Gasteiger partial charge in [-0.1, -0.05) is 56.3 Å². The van der Waals surface area contributed by atoms with E-state index in [1.807, 2.05) is 39.1 Å². The number of allylic oxidation sites excluding steroid dienone is 2. The number of nitrogens with zero attached hydrogens (tertiary/aromatic N) is 2. The van der Waals surface area contributed by atoms with Gasteiger partial charge in [0.25, 0.3) is 5.69 Å². The number of nitro benzene ring substituents is 1. The van der Waals surface area contributed by atoms with E-state index in [1.165, 1.54) is 30.9 Å². The molecule has 0 saturated heterocycles. The van der Waals surface area contributed by atoms with E-state index in [0.717, 1.165) is 6.54 Å². The van der Waals surface area contributed by atoms with Crippen LogP contribution in [0.2, 0.25) is 0 Å². The summed E-state index contributed by atoms with van der Waals surface area (Å²) >= 11 is 0. The molecule has 0 spiro atoms. The minimum Gasteiger partial charge on any atom is -0.466 e. The first-order chi connectivity index (χ1) is 17.9. The lowest BCUT2D eigenvalue weighted by atomic mass is 9.80. The Morgan fingerprint density at radius 2 is 1.66 bits per heavy atom. The van der Waals surface area contributed by atoms with Gasteiger partial charge in [-0.25, -0.2) is 9.59 Å². The van der Waals surface area contributed by atoms with Gasteiger partial charge in [-0.05, 0) is 32.0 Å². The molecule has 0 fully saturated rings. The van der Waals surface area contributed by atoms with Gasteiger partial charge in [0.15, 0.2) is 0 Å². The monoisotopic (exact) mass is 521 g/mol. The number of carbonyl (C=O) groups is 2. The second kappa shape index (κ2) is 12.0. The maximum atomic E-state index is 13.6. The maximum absolute atomic E-state index is 13.6. The molecular weight excluding hydrogens is 486 g/mol. The van der Waals surface area contributed by atoms with Crippen molar-refractivity contribution in [1.82, 2.24) is 10.2 Å². The van der Waals surface area contributed by atoms with Crippen LogP contribution in [0.4, 0.5) is 5.69 Å². The highest BCUT2D eigenvalue weighted by atomic mass is 16.6. The highest BCUT2D eigenvalue weighted by Gasteiger charge is 2.39. The van der Waals surface area contributed by atoms with Crippen molar-refractivity contribution in [3.05, 3.63) is 98.4 Å². The fourth-order valence-corrected chi connectivity index (χ4v) is 4.86. The predicted molar refractivity (Wildman–Crippen MR) is 144 cm³/mol. The number of ether oxygens (including phenoxy) is 2. The van der Waals surface area contributed by atoms with Gasteiger partial charge in [0.05, 0.1) is 35.7 Å². The molecule has 9 nitrogen and oxygen atoms in total.